The molecule has 1 atom stereocenters. The first-order chi connectivity index (χ1) is 11.1. The summed E-state index contributed by atoms with van der Waals surface area (Å²) in [5.74, 6) is 0.764. The number of nitrogens with zero attached hydrogens (tertiary/aromatic N) is 1. The second-order valence-corrected chi connectivity index (χ2v) is 6.21. The van der Waals surface area contributed by atoms with E-state index in [0.717, 1.165) is 35.1 Å². The second kappa shape index (κ2) is 5.01. The molecule has 0 unspecified atom stereocenters. The highest BCUT2D eigenvalue weighted by Crippen LogP contribution is 2.51. The first-order valence-corrected chi connectivity index (χ1v) is 7.90. The average molecular weight is 309 g/mol. The topological polar surface area (TPSA) is 49.8 Å². The van der Waals surface area contributed by atoms with E-state index in [2.05, 4.69) is 6.07 Å². The van der Waals surface area contributed by atoms with Crippen LogP contribution in [0.2, 0.25) is 0 Å². The minimum absolute atomic E-state index is 0.00189. The monoisotopic (exact) mass is 309 g/mol. The molecule has 23 heavy (non-hydrogen) atoms. The zero-order valence-electron chi connectivity index (χ0n) is 13.3. The van der Waals surface area contributed by atoms with Crippen molar-refractivity contribution in [1.82, 2.24) is 4.90 Å². The zero-order valence-corrected chi connectivity index (χ0v) is 13.3. The Morgan fingerprint density at radius 1 is 1.30 bits per heavy atom. The van der Waals surface area contributed by atoms with Gasteiger partial charge in [0.2, 0.25) is 5.91 Å². The standard InChI is InChI=1S/C19H19NO3/c1-11(21)20-8-7-13-10-16(23-2)19(22)18-14-6-4-3-5-12(14)9-15(20)17(13)18/h3-6,10,15,22H,7-9H2,1-2H3/t15-/m0/s1. The maximum Gasteiger partial charge on any atom is 0.219 e. The summed E-state index contributed by atoms with van der Waals surface area (Å²) in [6, 6.07) is 10.0. The van der Waals surface area contributed by atoms with Gasteiger partial charge in [0.15, 0.2) is 11.5 Å². The number of carbonyl (C=O) groups is 1. The summed E-state index contributed by atoms with van der Waals surface area (Å²) in [5, 5.41) is 10.7. The maximum absolute atomic E-state index is 12.1. The fraction of sp³-hybridized carbons (Fsp3) is 0.316. The van der Waals surface area contributed by atoms with Crippen LogP contribution in [0.3, 0.4) is 0 Å². The molecule has 4 rings (SSSR count). The summed E-state index contributed by atoms with van der Waals surface area (Å²) in [5.41, 5.74) is 5.29. The lowest BCUT2D eigenvalue weighted by Gasteiger charge is -2.41. The van der Waals surface area contributed by atoms with Crippen LogP contribution in [0.4, 0.5) is 0 Å². The molecule has 4 nitrogen and oxygen atoms in total. The van der Waals surface area contributed by atoms with Crippen molar-refractivity contribution in [3.63, 3.8) is 0 Å². The molecule has 2 aliphatic rings. The van der Waals surface area contributed by atoms with Crippen LogP contribution >= 0.6 is 0 Å². The third-order valence-electron chi connectivity index (χ3n) is 5.05. The van der Waals surface area contributed by atoms with Gasteiger partial charge in [-0.3, -0.25) is 4.79 Å². The van der Waals surface area contributed by atoms with E-state index < -0.39 is 0 Å². The fourth-order valence-electron chi connectivity index (χ4n) is 4.02. The van der Waals surface area contributed by atoms with Crippen LogP contribution in [0.5, 0.6) is 11.5 Å². The first-order valence-electron chi connectivity index (χ1n) is 7.90. The highest BCUT2D eigenvalue weighted by atomic mass is 16.5. The van der Waals surface area contributed by atoms with Gasteiger partial charge in [-0.1, -0.05) is 24.3 Å². The Labute approximate surface area is 135 Å². The normalized spacial score (nSPS) is 18.2. The van der Waals surface area contributed by atoms with Gasteiger partial charge in [0, 0.05) is 19.0 Å². The second-order valence-electron chi connectivity index (χ2n) is 6.21. The third kappa shape index (κ3) is 1.94. The molecule has 0 aromatic heterocycles. The van der Waals surface area contributed by atoms with Gasteiger partial charge in [-0.05, 0) is 41.2 Å². The zero-order chi connectivity index (χ0) is 16.1. The fourth-order valence-corrected chi connectivity index (χ4v) is 4.02. The van der Waals surface area contributed by atoms with E-state index in [1.54, 1.807) is 14.0 Å². The van der Waals surface area contributed by atoms with Gasteiger partial charge < -0.3 is 14.7 Å². The van der Waals surface area contributed by atoms with Crippen molar-refractivity contribution in [1.29, 1.82) is 0 Å². The number of hydrogen-bond acceptors (Lipinski definition) is 3. The van der Waals surface area contributed by atoms with E-state index in [-0.39, 0.29) is 17.7 Å². The molecular weight excluding hydrogens is 290 g/mol. The van der Waals surface area contributed by atoms with Crippen molar-refractivity contribution in [2.24, 2.45) is 0 Å². The quantitative estimate of drug-likeness (QED) is 0.881. The molecule has 4 heteroatoms. The number of ether oxygens (including phenoxy) is 1. The molecule has 2 aromatic rings. The van der Waals surface area contributed by atoms with E-state index >= 15 is 0 Å². The minimum Gasteiger partial charge on any atom is -0.504 e. The van der Waals surface area contributed by atoms with Crippen molar-refractivity contribution in [2.75, 3.05) is 13.7 Å². The molecule has 1 amide bonds. The summed E-state index contributed by atoms with van der Waals surface area (Å²) < 4.78 is 5.37. The molecule has 1 heterocycles. The molecule has 0 radical (unpaired) electrons. The molecule has 118 valence electrons. The number of aromatic hydroxyl groups is 1. The first kappa shape index (κ1) is 14.1. The Balaban J connectivity index is 2.04. The Bertz CT molecular complexity index is 813. The predicted octanol–water partition coefficient (Wildman–Crippen LogP) is 3.07. The maximum atomic E-state index is 12.1. The van der Waals surface area contributed by atoms with E-state index in [9.17, 15) is 9.90 Å². The Hall–Kier alpha value is -2.49. The number of benzene rings is 2. The van der Waals surface area contributed by atoms with E-state index in [1.807, 2.05) is 29.2 Å². The largest absolute Gasteiger partial charge is 0.504 e. The smallest absolute Gasteiger partial charge is 0.219 e. The number of methoxy groups -OCH3 is 1. The van der Waals surface area contributed by atoms with Crippen molar-refractivity contribution in [3.05, 3.63) is 47.0 Å². The number of amides is 1. The number of phenolic OH excluding ortho intramolecular Hbond substituents is 1. The molecule has 0 spiro atoms. The van der Waals surface area contributed by atoms with Crippen LogP contribution < -0.4 is 4.74 Å². The predicted molar refractivity (Wildman–Crippen MR) is 87.6 cm³/mol. The Morgan fingerprint density at radius 2 is 2.09 bits per heavy atom. The number of rotatable bonds is 1. The molecular formula is C19H19NO3. The minimum atomic E-state index is -0.00189. The number of fused-ring (bicyclic) bond motifs is 2. The van der Waals surface area contributed by atoms with Gasteiger partial charge >= 0.3 is 0 Å². The lowest BCUT2D eigenvalue weighted by molar-refractivity contribution is -0.131. The molecule has 0 saturated carbocycles. The molecule has 1 N–H and O–H groups in total. The van der Waals surface area contributed by atoms with Crippen molar-refractivity contribution < 1.29 is 14.6 Å². The van der Waals surface area contributed by atoms with Crippen LogP contribution in [-0.2, 0) is 17.6 Å². The van der Waals surface area contributed by atoms with Crippen LogP contribution in [0.1, 0.15) is 29.7 Å². The van der Waals surface area contributed by atoms with Gasteiger partial charge in [-0.2, -0.15) is 0 Å². The molecule has 0 bridgehead atoms. The average Bonchev–Trinajstić information content (AvgIpc) is 2.56. The number of phenols is 1. The molecule has 0 saturated heterocycles. The van der Waals surface area contributed by atoms with E-state index in [4.69, 9.17) is 4.74 Å². The third-order valence-corrected chi connectivity index (χ3v) is 5.05. The van der Waals surface area contributed by atoms with Gasteiger partial charge in [0.05, 0.1) is 13.2 Å². The van der Waals surface area contributed by atoms with Gasteiger partial charge in [0.25, 0.3) is 0 Å². The summed E-state index contributed by atoms with van der Waals surface area (Å²) in [4.78, 5) is 14.0. The Morgan fingerprint density at radius 3 is 2.83 bits per heavy atom. The molecule has 1 aliphatic carbocycles. The van der Waals surface area contributed by atoms with Crippen LogP contribution in [-0.4, -0.2) is 29.6 Å². The lowest BCUT2D eigenvalue weighted by atomic mass is 9.76. The van der Waals surface area contributed by atoms with Crippen molar-refractivity contribution in [3.8, 4) is 22.6 Å². The SMILES string of the molecule is COc1cc2c3c(c1O)-c1ccccc1C[C@@H]3N(C(C)=O)CC2. The van der Waals surface area contributed by atoms with E-state index in [1.165, 1.54) is 5.56 Å². The summed E-state index contributed by atoms with van der Waals surface area (Å²) >= 11 is 0. The van der Waals surface area contributed by atoms with Crippen LogP contribution in [0.25, 0.3) is 11.1 Å². The molecule has 0 fully saturated rings. The van der Waals surface area contributed by atoms with Gasteiger partial charge in [-0.15, -0.1) is 0 Å². The Kier molecular flexibility index (Phi) is 3.08. The van der Waals surface area contributed by atoms with Gasteiger partial charge in [0.1, 0.15) is 0 Å². The van der Waals surface area contributed by atoms with Crippen molar-refractivity contribution >= 4 is 5.91 Å². The van der Waals surface area contributed by atoms with Crippen LogP contribution in [0, 0.1) is 0 Å². The molecule has 2 aromatic carbocycles. The van der Waals surface area contributed by atoms with Crippen molar-refractivity contribution in [2.45, 2.75) is 25.8 Å². The number of hydrogen-bond donors (Lipinski definition) is 1. The highest BCUT2D eigenvalue weighted by Gasteiger charge is 2.37. The lowest BCUT2D eigenvalue weighted by Crippen LogP contribution is -2.41. The van der Waals surface area contributed by atoms with Crippen LogP contribution in [0.15, 0.2) is 30.3 Å². The highest BCUT2D eigenvalue weighted by molar-refractivity contribution is 5.84. The summed E-state index contributed by atoms with van der Waals surface area (Å²) in [7, 11) is 1.57. The summed E-state index contributed by atoms with van der Waals surface area (Å²) in [6.07, 6.45) is 1.58. The molecule has 1 aliphatic heterocycles. The number of carbonyl (C=O) groups excluding carboxylic acids is 1. The van der Waals surface area contributed by atoms with Gasteiger partial charge in [-0.25, -0.2) is 0 Å². The van der Waals surface area contributed by atoms with E-state index in [0.29, 0.717) is 12.3 Å². The summed E-state index contributed by atoms with van der Waals surface area (Å²) in [6.45, 7) is 2.33.